The van der Waals surface area contributed by atoms with E-state index in [0.717, 1.165) is 31.6 Å². The highest BCUT2D eigenvalue weighted by Gasteiger charge is 2.38. The van der Waals surface area contributed by atoms with Crippen LogP contribution in [0, 0.1) is 0 Å². The van der Waals surface area contributed by atoms with Crippen molar-refractivity contribution in [2.75, 3.05) is 19.8 Å². The highest BCUT2D eigenvalue weighted by molar-refractivity contribution is 5.73. The number of aliphatic hydroxyl groups is 1. The molecule has 0 atom stereocenters. The monoisotopic (exact) mass is 323 g/mol. The molecular formula is C14H20F3NO4. The number of halogens is 3. The van der Waals surface area contributed by atoms with Crippen LogP contribution in [0.25, 0.3) is 0 Å². The molecule has 0 fully saturated rings. The smallest absolute Gasteiger partial charge is 0.490 e. The number of carboxylic acid groups (broad SMARTS) is 1. The summed E-state index contributed by atoms with van der Waals surface area (Å²) in [4.78, 5) is 8.90. The number of hydrogen-bond acceptors (Lipinski definition) is 4. The Morgan fingerprint density at radius 3 is 2.14 bits per heavy atom. The number of aryl methyl sites for hydroxylation is 1. The van der Waals surface area contributed by atoms with Crippen LogP contribution < -0.4 is 10.5 Å². The molecule has 0 spiro atoms. The van der Waals surface area contributed by atoms with Gasteiger partial charge < -0.3 is 20.7 Å². The van der Waals surface area contributed by atoms with Crippen molar-refractivity contribution in [3.63, 3.8) is 0 Å². The molecule has 0 saturated carbocycles. The van der Waals surface area contributed by atoms with Crippen molar-refractivity contribution in [2.45, 2.75) is 25.4 Å². The summed E-state index contributed by atoms with van der Waals surface area (Å²) in [6, 6.07) is 7.99. The predicted octanol–water partition coefficient (Wildman–Crippen LogP) is 1.97. The predicted molar refractivity (Wildman–Crippen MR) is 74.7 cm³/mol. The van der Waals surface area contributed by atoms with Gasteiger partial charge in [-0.25, -0.2) is 4.79 Å². The third-order valence-corrected chi connectivity index (χ3v) is 2.45. The zero-order valence-corrected chi connectivity index (χ0v) is 12.0. The van der Waals surface area contributed by atoms with E-state index in [1.165, 1.54) is 5.56 Å². The Bertz CT molecular complexity index is 421. The fraction of sp³-hybridized carbons (Fsp3) is 0.500. The molecule has 0 unspecified atom stereocenters. The second-order valence-corrected chi connectivity index (χ2v) is 4.26. The molecule has 0 aliphatic carbocycles. The zero-order valence-electron chi connectivity index (χ0n) is 12.0. The quantitative estimate of drug-likeness (QED) is 0.667. The van der Waals surface area contributed by atoms with Crippen LogP contribution in [0.2, 0.25) is 0 Å². The lowest BCUT2D eigenvalue weighted by molar-refractivity contribution is -0.192. The second-order valence-electron chi connectivity index (χ2n) is 4.26. The highest BCUT2D eigenvalue weighted by Crippen LogP contribution is 2.14. The molecule has 4 N–H and O–H groups in total. The minimum atomic E-state index is -5.08. The van der Waals surface area contributed by atoms with Crippen molar-refractivity contribution in [3.8, 4) is 5.75 Å². The number of unbranched alkanes of at least 4 members (excludes halogenated alkanes) is 1. The first-order valence-electron chi connectivity index (χ1n) is 6.64. The molecule has 1 aromatic carbocycles. The summed E-state index contributed by atoms with van der Waals surface area (Å²) in [5.74, 6) is -1.95. The van der Waals surface area contributed by atoms with E-state index in [2.05, 4.69) is 12.1 Å². The fourth-order valence-corrected chi connectivity index (χ4v) is 1.39. The largest absolute Gasteiger partial charge is 0.491 e. The summed E-state index contributed by atoms with van der Waals surface area (Å²) >= 11 is 0. The summed E-state index contributed by atoms with van der Waals surface area (Å²) in [5, 5.41) is 15.7. The second kappa shape index (κ2) is 10.9. The van der Waals surface area contributed by atoms with Crippen molar-refractivity contribution >= 4 is 5.97 Å². The molecule has 22 heavy (non-hydrogen) atoms. The van der Waals surface area contributed by atoms with Crippen molar-refractivity contribution < 1.29 is 32.9 Å². The highest BCUT2D eigenvalue weighted by atomic mass is 19.4. The van der Waals surface area contributed by atoms with Gasteiger partial charge in [-0.1, -0.05) is 12.1 Å². The van der Waals surface area contributed by atoms with Gasteiger partial charge in [-0.2, -0.15) is 13.2 Å². The summed E-state index contributed by atoms with van der Waals surface area (Å²) < 4.78 is 37.0. The lowest BCUT2D eigenvalue weighted by Crippen LogP contribution is -2.21. The number of aliphatic hydroxyl groups excluding tert-OH is 1. The Morgan fingerprint density at radius 1 is 1.18 bits per heavy atom. The Hall–Kier alpha value is -1.80. The van der Waals surface area contributed by atoms with E-state index in [-0.39, 0.29) is 6.61 Å². The number of carboxylic acids is 1. The van der Waals surface area contributed by atoms with Gasteiger partial charge in [0.15, 0.2) is 0 Å². The van der Waals surface area contributed by atoms with Gasteiger partial charge in [0.2, 0.25) is 0 Å². The molecule has 8 heteroatoms. The number of hydrogen-bond donors (Lipinski definition) is 3. The molecule has 1 aromatic rings. The van der Waals surface area contributed by atoms with Crippen LogP contribution in [0.1, 0.15) is 18.4 Å². The van der Waals surface area contributed by atoms with Crippen molar-refractivity contribution in [1.82, 2.24) is 0 Å². The van der Waals surface area contributed by atoms with Crippen LogP contribution in [-0.4, -0.2) is 42.1 Å². The van der Waals surface area contributed by atoms with E-state index in [9.17, 15) is 13.2 Å². The third-order valence-electron chi connectivity index (χ3n) is 2.45. The lowest BCUT2D eigenvalue weighted by Gasteiger charge is -2.05. The number of aliphatic carboxylic acids is 1. The number of alkyl halides is 3. The molecule has 0 amide bonds. The Morgan fingerprint density at radius 2 is 1.73 bits per heavy atom. The first-order valence-corrected chi connectivity index (χ1v) is 6.64. The van der Waals surface area contributed by atoms with E-state index in [0.29, 0.717) is 6.61 Å². The topological polar surface area (TPSA) is 92.8 Å². The number of rotatable bonds is 7. The van der Waals surface area contributed by atoms with Crippen LogP contribution in [0.15, 0.2) is 24.3 Å². The molecule has 0 saturated heterocycles. The number of ether oxygens (including phenoxy) is 1. The first-order chi connectivity index (χ1) is 10.3. The van der Waals surface area contributed by atoms with Gasteiger partial charge in [-0.15, -0.1) is 0 Å². The van der Waals surface area contributed by atoms with Crippen molar-refractivity contribution in [1.29, 1.82) is 0 Å². The summed E-state index contributed by atoms with van der Waals surface area (Å²) in [6.07, 6.45) is -1.81. The molecule has 126 valence electrons. The Labute approximate surface area is 126 Å². The molecule has 5 nitrogen and oxygen atoms in total. The summed E-state index contributed by atoms with van der Waals surface area (Å²) in [5.41, 5.74) is 6.73. The lowest BCUT2D eigenvalue weighted by atomic mass is 10.1. The molecule has 0 aliphatic heterocycles. The van der Waals surface area contributed by atoms with Gasteiger partial charge in [-0.3, -0.25) is 0 Å². The van der Waals surface area contributed by atoms with Crippen LogP contribution >= 0.6 is 0 Å². The molecule has 0 aliphatic rings. The van der Waals surface area contributed by atoms with Crippen LogP contribution in [0.3, 0.4) is 0 Å². The van der Waals surface area contributed by atoms with Crippen LogP contribution in [0.5, 0.6) is 5.75 Å². The van der Waals surface area contributed by atoms with Gasteiger partial charge in [-0.05, 0) is 43.5 Å². The summed E-state index contributed by atoms with van der Waals surface area (Å²) in [7, 11) is 0. The van der Waals surface area contributed by atoms with Gasteiger partial charge in [0.1, 0.15) is 12.4 Å². The van der Waals surface area contributed by atoms with E-state index in [4.69, 9.17) is 25.5 Å². The average molecular weight is 323 g/mol. The Balaban J connectivity index is 0.000000534. The SMILES string of the molecule is NCCCCc1ccc(OCCO)cc1.O=C(O)C(F)(F)F. The van der Waals surface area contributed by atoms with Crippen molar-refractivity contribution in [2.24, 2.45) is 5.73 Å². The molecule has 0 bridgehead atoms. The zero-order chi connectivity index (χ0) is 17.0. The van der Waals surface area contributed by atoms with E-state index >= 15 is 0 Å². The third kappa shape index (κ3) is 10.0. The minimum absolute atomic E-state index is 0.0538. The van der Waals surface area contributed by atoms with Crippen LogP contribution in [0.4, 0.5) is 13.2 Å². The molecule has 1 rings (SSSR count). The molecule has 0 radical (unpaired) electrons. The van der Waals surface area contributed by atoms with Crippen LogP contribution in [-0.2, 0) is 11.2 Å². The minimum Gasteiger partial charge on any atom is -0.491 e. The average Bonchev–Trinajstić information content (AvgIpc) is 2.46. The maximum atomic E-state index is 10.6. The van der Waals surface area contributed by atoms with Gasteiger partial charge in [0.25, 0.3) is 0 Å². The molecular weight excluding hydrogens is 303 g/mol. The van der Waals surface area contributed by atoms with Gasteiger partial charge in [0.05, 0.1) is 6.61 Å². The van der Waals surface area contributed by atoms with Crippen molar-refractivity contribution in [3.05, 3.63) is 29.8 Å². The number of benzene rings is 1. The standard InChI is InChI=1S/C12H19NO2.C2HF3O2/c13-8-2-1-3-11-4-6-12(7-5-11)15-10-9-14;3-2(4,5)1(6)7/h4-7,14H,1-3,8-10,13H2;(H,6,7). The normalized spacial score (nSPS) is 10.6. The maximum absolute atomic E-state index is 10.6. The van der Waals surface area contributed by atoms with E-state index in [1.54, 1.807) is 0 Å². The van der Waals surface area contributed by atoms with Gasteiger partial charge >= 0.3 is 12.1 Å². The summed E-state index contributed by atoms with van der Waals surface area (Å²) in [6.45, 7) is 1.17. The number of carbonyl (C=O) groups is 1. The van der Waals surface area contributed by atoms with E-state index < -0.39 is 12.1 Å². The first kappa shape index (κ1) is 20.2. The number of nitrogens with two attached hydrogens (primary N) is 1. The molecule has 0 heterocycles. The van der Waals surface area contributed by atoms with Gasteiger partial charge in [0, 0.05) is 0 Å². The fourth-order valence-electron chi connectivity index (χ4n) is 1.39. The molecule has 0 aromatic heterocycles. The van der Waals surface area contributed by atoms with E-state index in [1.807, 2.05) is 12.1 Å². The maximum Gasteiger partial charge on any atom is 0.490 e. The Kier molecular flexibility index (Phi) is 9.97.